The molecule has 0 unspecified atom stereocenters. The molecule has 0 aliphatic carbocycles. The first-order valence-corrected chi connectivity index (χ1v) is 7.38. The maximum absolute atomic E-state index is 5.75. The van der Waals surface area contributed by atoms with Crippen LogP contribution in [0.4, 0.5) is 5.95 Å². The van der Waals surface area contributed by atoms with E-state index >= 15 is 0 Å². The van der Waals surface area contributed by atoms with Gasteiger partial charge in [0.1, 0.15) is 0 Å². The topological polar surface area (TPSA) is 55.9 Å². The van der Waals surface area contributed by atoms with E-state index in [9.17, 15) is 0 Å². The Morgan fingerprint density at radius 3 is 2.84 bits per heavy atom. The number of imidazole rings is 1. The van der Waals surface area contributed by atoms with Gasteiger partial charge in [0.15, 0.2) is 0 Å². The Kier molecular flexibility index (Phi) is 3.57. The second-order valence-electron chi connectivity index (χ2n) is 4.71. The van der Waals surface area contributed by atoms with Gasteiger partial charge in [-0.3, -0.25) is 0 Å². The Bertz CT molecular complexity index is 574. The molecule has 0 fully saturated rings. The minimum Gasteiger partial charge on any atom is -0.356 e. The molecule has 2 heterocycles. The number of aromatic nitrogens is 2. The molecule has 5 heteroatoms. The predicted octanol–water partition coefficient (Wildman–Crippen LogP) is 2.63. The third-order valence-electron chi connectivity index (χ3n) is 3.41. The van der Waals surface area contributed by atoms with Crippen molar-refractivity contribution < 1.29 is 0 Å². The lowest BCUT2D eigenvalue weighted by atomic mass is 10.1. The third-order valence-corrected chi connectivity index (χ3v) is 3.94. The summed E-state index contributed by atoms with van der Waals surface area (Å²) in [4.78, 5) is 4.75. The number of halogens is 1. The van der Waals surface area contributed by atoms with E-state index in [1.54, 1.807) is 0 Å². The number of nitrogens with one attached hydrogen (secondary N) is 1. The number of anilines is 1. The molecule has 4 nitrogen and oxygen atoms in total. The molecule has 0 spiro atoms. The highest BCUT2D eigenvalue weighted by Crippen LogP contribution is 2.29. The van der Waals surface area contributed by atoms with Gasteiger partial charge >= 0.3 is 0 Å². The van der Waals surface area contributed by atoms with Crippen LogP contribution in [-0.4, -0.2) is 22.6 Å². The smallest absolute Gasteiger partial charge is 0.203 e. The summed E-state index contributed by atoms with van der Waals surface area (Å²) >= 11 is 3.47. The van der Waals surface area contributed by atoms with E-state index in [1.807, 2.05) is 12.1 Å². The maximum Gasteiger partial charge on any atom is 0.203 e. The highest BCUT2D eigenvalue weighted by Gasteiger charge is 2.19. The monoisotopic (exact) mass is 320 g/mol. The average molecular weight is 321 g/mol. The van der Waals surface area contributed by atoms with Crippen molar-refractivity contribution in [2.24, 2.45) is 5.73 Å². The summed E-state index contributed by atoms with van der Waals surface area (Å²) in [5.41, 5.74) is 9.20. The fourth-order valence-corrected chi connectivity index (χ4v) is 2.79. The average Bonchev–Trinajstić information content (AvgIpc) is 2.79. The molecular formula is C14H17BrN4. The minimum absolute atomic E-state index is 0.647. The fraction of sp³-hybridized carbons (Fsp3) is 0.357. The second kappa shape index (κ2) is 5.35. The van der Waals surface area contributed by atoms with Crippen LogP contribution in [0.2, 0.25) is 0 Å². The molecular weight excluding hydrogens is 304 g/mol. The van der Waals surface area contributed by atoms with Crippen LogP contribution >= 0.6 is 15.9 Å². The minimum atomic E-state index is 0.647. The molecule has 1 aromatic heterocycles. The van der Waals surface area contributed by atoms with E-state index in [1.165, 1.54) is 5.69 Å². The summed E-state index contributed by atoms with van der Waals surface area (Å²) in [5.74, 6) is 0.979. The van der Waals surface area contributed by atoms with Crippen molar-refractivity contribution in [1.29, 1.82) is 0 Å². The molecule has 0 saturated heterocycles. The van der Waals surface area contributed by atoms with Crippen LogP contribution in [0.3, 0.4) is 0 Å². The molecule has 0 bridgehead atoms. The lowest BCUT2D eigenvalue weighted by molar-refractivity contribution is 0.603. The van der Waals surface area contributed by atoms with E-state index in [0.717, 1.165) is 47.6 Å². The van der Waals surface area contributed by atoms with Crippen LogP contribution in [0.5, 0.6) is 0 Å². The Balaban J connectivity index is 2.09. The van der Waals surface area contributed by atoms with E-state index in [0.29, 0.717) is 6.54 Å². The van der Waals surface area contributed by atoms with Crippen molar-refractivity contribution in [2.75, 3.05) is 18.4 Å². The summed E-state index contributed by atoms with van der Waals surface area (Å²) < 4.78 is 3.35. The molecule has 1 aliphatic heterocycles. The van der Waals surface area contributed by atoms with Gasteiger partial charge in [0, 0.05) is 35.2 Å². The van der Waals surface area contributed by atoms with Gasteiger partial charge in [-0.25, -0.2) is 4.98 Å². The van der Waals surface area contributed by atoms with Gasteiger partial charge in [-0.1, -0.05) is 28.1 Å². The van der Waals surface area contributed by atoms with Gasteiger partial charge in [0.05, 0.1) is 5.69 Å². The molecule has 3 rings (SSSR count). The Morgan fingerprint density at radius 2 is 2.11 bits per heavy atom. The summed E-state index contributed by atoms with van der Waals surface area (Å²) in [6.07, 6.45) is 2.00. The molecule has 2 aromatic rings. The molecule has 0 saturated carbocycles. The summed E-state index contributed by atoms with van der Waals surface area (Å²) in [6.45, 7) is 2.68. The van der Waals surface area contributed by atoms with Crippen LogP contribution in [0.1, 0.15) is 12.1 Å². The largest absolute Gasteiger partial charge is 0.356 e. The Labute approximate surface area is 121 Å². The van der Waals surface area contributed by atoms with Crippen LogP contribution < -0.4 is 11.1 Å². The van der Waals surface area contributed by atoms with Crippen molar-refractivity contribution in [3.8, 4) is 11.3 Å². The molecule has 19 heavy (non-hydrogen) atoms. The number of nitrogens with zero attached hydrogens (tertiary/aromatic N) is 2. The maximum atomic E-state index is 5.75. The number of nitrogens with two attached hydrogens (primary N) is 1. The molecule has 3 N–H and O–H groups in total. The second-order valence-corrected chi connectivity index (χ2v) is 5.62. The summed E-state index contributed by atoms with van der Waals surface area (Å²) in [5, 5.41) is 3.36. The quantitative estimate of drug-likeness (QED) is 0.914. The zero-order valence-corrected chi connectivity index (χ0v) is 12.3. The summed E-state index contributed by atoms with van der Waals surface area (Å²) in [6, 6.07) is 8.29. The molecule has 1 aliphatic rings. The first-order valence-electron chi connectivity index (χ1n) is 6.59. The van der Waals surface area contributed by atoms with Crippen molar-refractivity contribution >= 4 is 21.9 Å². The zero-order valence-electron chi connectivity index (χ0n) is 10.7. The summed E-state index contributed by atoms with van der Waals surface area (Å²) in [7, 11) is 0. The van der Waals surface area contributed by atoms with Crippen LogP contribution in [0, 0.1) is 0 Å². The van der Waals surface area contributed by atoms with Gasteiger partial charge in [-0.05, 0) is 25.1 Å². The molecule has 1 aromatic carbocycles. The Hall–Kier alpha value is -1.33. The van der Waals surface area contributed by atoms with Gasteiger partial charge in [0.2, 0.25) is 5.95 Å². The van der Waals surface area contributed by atoms with Gasteiger partial charge in [-0.2, -0.15) is 0 Å². The van der Waals surface area contributed by atoms with E-state index < -0.39 is 0 Å². The normalized spacial score (nSPS) is 14.0. The number of fused-ring (bicyclic) bond motifs is 1. The van der Waals surface area contributed by atoms with E-state index in [4.69, 9.17) is 10.7 Å². The molecule has 100 valence electrons. The van der Waals surface area contributed by atoms with E-state index in [-0.39, 0.29) is 0 Å². The zero-order chi connectivity index (χ0) is 13.2. The lowest BCUT2D eigenvalue weighted by Crippen LogP contribution is -2.19. The first kappa shape index (κ1) is 12.7. The first-order chi connectivity index (χ1) is 9.29. The number of rotatable bonds is 3. The lowest BCUT2D eigenvalue weighted by Gasteiger charge is -2.17. The fourth-order valence-electron chi connectivity index (χ4n) is 2.53. The predicted molar refractivity (Wildman–Crippen MR) is 81.2 cm³/mol. The third kappa shape index (κ3) is 2.40. The molecule has 0 atom stereocenters. The van der Waals surface area contributed by atoms with Gasteiger partial charge in [-0.15, -0.1) is 0 Å². The van der Waals surface area contributed by atoms with Crippen molar-refractivity contribution in [1.82, 2.24) is 9.55 Å². The van der Waals surface area contributed by atoms with Crippen LogP contribution in [-0.2, 0) is 13.0 Å². The van der Waals surface area contributed by atoms with Crippen molar-refractivity contribution in [3.63, 3.8) is 0 Å². The molecule has 0 amide bonds. The van der Waals surface area contributed by atoms with E-state index in [2.05, 4.69) is 37.9 Å². The number of hydrogen-bond acceptors (Lipinski definition) is 3. The highest BCUT2D eigenvalue weighted by molar-refractivity contribution is 9.10. The SMILES string of the molecule is NCCc1c(-c2ccc(Br)cc2)nc2n1CCCN2. The van der Waals surface area contributed by atoms with Crippen molar-refractivity contribution in [2.45, 2.75) is 19.4 Å². The highest BCUT2D eigenvalue weighted by atomic mass is 79.9. The number of hydrogen-bond donors (Lipinski definition) is 2. The van der Waals surface area contributed by atoms with Crippen LogP contribution in [0.25, 0.3) is 11.3 Å². The number of benzene rings is 1. The standard InChI is InChI=1S/C14H17BrN4/c15-11-4-2-10(3-5-11)13-12(6-7-16)19-9-1-8-17-14(19)18-13/h2-5H,1,6-9,16H2,(H,17,18). The van der Waals surface area contributed by atoms with Gasteiger partial charge in [0.25, 0.3) is 0 Å². The van der Waals surface area contributed by atoms with Gasteiger partial charge < -0.3 is 15.6 Å². The van der Waals surface area contributed by atoms with Crippen molar-refractivity contribution in [3.05, 3.63) is 34.4 Å². The Morgan fingerprint density at radius 1 is 1.32 bits per heavy atom. The van der Waals surface area contributed by atoms with Crippen LogP contribution in [0.15, 0.2) is 28.7 Å². The molecule has 0 radical (unpaired) electrons.